The molecule has 0 saturated heterocycles. The number of nitrogens with one attached hydrogen (secondary N) is 1. The Balaban J connectivity index is 1.58. The number of hydrogen-bond donors (Lipinski definition) is 1. The number of rotatable bonds is 5. The van der Waals surface area contributed by atoms with Crippen molar-refractivity contribution < 1.29 is 17.6 Å². The third kappa shape index (κ3) is 3.50. The maximum atomic E-state index is 12.5. The van der Waals surface area contributed by atoms with Gasteiger partial charge in [-0.15, -0.1) is 0 Å². The average molecular weight is 380 g/mol. The van der Waals surface area contributed by atoms with Crippen LogP contribution in [-0.2, 0) is 10.0 Å². The maximum absolute atomic E-state index is 12.5. The highest BCUT2D eigenvalue weighted by Gasteiger charge is 2.15. The van der Waals surface area contributed by atoms with Gasteiger partial charge in [-0.1, -0.05) is 18.2 Å². The van der Waals surface area contributed by atoms with Gasteiger partial charge in [0.2, 0.25) is 5.89 Å². The van der Waals surface area contributed by atoms with E-state index in [0.717, 1.165) is 11.1 Å². The van der Waals surface area contributed by atoms with Crippen molar-refractivity contribution in [3.63, 3.8) is 0 Å². The number of ether oxygens (including phenoxy) is 1. The third-order valence-corrected chi connectivity index (χ3v) is 5.41. The Bertz CT molecular complexity index is 1170. The summed E-state index contributed by atoms with van der Waals surface area (Å²) in [6.45, 7) is 0. The highest BCUT2D eigenvalue weighted by atomic mass is 32.2. The predicted molar refractivity (Wildman–Crippen MR) is 103 cm³/mol. The van der Waals surface area contributed by atoms with Crippen molar-refractivity contribution in [2.24, 2.45) is 0 Å². The minimum atomic E-state index is -3.71. The van der Waals surface area contributed by atoms with Gasteiger partial charge in [0.25, 0.3) is 10.0 Å². The first-order valence-electron chi connectivity index (χ1n) is 8.18. The molecule has 0 aliphatic rings. The Morgan fingerprint density at radius 1 is 0.963 bits per heavy atom. The van der Waals surface area contributed by atoms with Gasteiger partial charge in [0, 0.05) is 17.3 Å². The summed E-state index contributed by atoms with van der Waals surface area (Å²) in [7, 11) is -2.22. The largest absolute Gasteiger partial charge is 0.497 e. The average Bonchev–Trinajstić information content (AvgIpc) is 3.12. The number of hydrogen-bond acceptors (Lipinski definition) is 5. The molecule has 3 aromatic carbocycles. The smallest absolute Gasteiger partial charge is 0.262 e. The van der Waals surface area contributed by atoms with E-state index in [1.54, 1.807) is 36.4 Å². The topological polar surface area (TPSA) is 81.4 Å². The first-order chi connectivity index (χ1) is 13.0. The number of anilines is 1. The number of sulfonamides is 1. The summed E-state index contributed by atoms with van der Waals surface area (Å²) in [6.07, 6.45) is 0. The lowest BCUT2D eigenvalue weighted by atomic mass is 10.2. The van der Waals surface area contributed by atoms with Gasteiger partial charge in [-0.2, -0.15) is 0 Å². The lowest BCUT2D eigenvalue weighted by Crippen LogP contribution is -2.12. The van der Waals surface area contributed by atoms with Crippen LogP contribution in [0.2, 0.25) is 0 Å². The van der Waals surface area contributed by atoms with E-state index >= 15 is 0 Å². The van der Waals surface area contributed by atoms with Crippen LogP contribution < -0.4 is 9.46 Å². The highest BCUT2D eigenvalue weighted by molar-refractivity contribution is 7.92. The normalized spacial score (nSPS) is 11.4. The summed E-state index contributed by atoms with van der Waals surface area (Å²) < 4.78 is 38.5. The molecule has 1 heterocycles. The minimum absolute atomic E-state index is 0.130. The lowest BCUT2D eigenvalue weighted by molar-refractivity contribution is 0.413. The van der Waals surface area contributed by atoms with Gasteiger partial charge in [-0.25, -0.2) is 13.4 Å². The molecule has 0 fully saturated rings. The van der Waals surface area contributed by atoms with E-state index in [-0.39, 0.29) is 4.90 Å². The molecular weight excluding hydrogens is 364 g/mol. The number of para-hydroxylation sites is 2. The molecule has 4 aromatic rings. The SMILES string of the molecule is COc1cccc(S(=O)(=O)Nc2ccc(-c3nc4ccccc4o3)cc2)c1. The quantitative estimate of drug-likeness (QED) is 0.558. The Morgan fingerprint density at radius 2 is 1.74 bits per heavy atom. The fraction of sp³-hybridized carbons (Fsp3) is 0.0500. The summed E-state index contributed by atoms with van der Waals surface area (Å²) in [4.78, 5) is 4.56. The zero-order chi connectivity index (χ0) is 18.9. The zero-order valence-electron chi connectivity index (χ0n) is 14.4. The van der Waals surface area contributed by atoms with Crippen LogP contribution in [0, 0.1) is 0 Å². The van der Waals surface area contributed by atoms with E-state index in [1.807, 2.05) is 24.3 Å². The zero-order valence-corrected chi connectivity index (χ0v) is 15.2. The summed E-state index contributed by atoms with van der Waals surface area (Å²) >= 11 is 0. The Hall–Kier alpha value is -3.32. The molecule has 0 aliphatic heterocycles. The fourth-order valence-corrected chi connectivity index (χ4v) is 3.75. The molecule has 4 rings (SSSR count). The Kier molecular flexibility index (Phi) is 4.29. The molecule has 0 spiro atoms. The van der Waals surface area contributed by atoms with Crippen LogP contribution in [0.25, 0.3) is 22.6 Å². The van der Waals surface area contributed by atoms with Gasteiger partial charge >= 0.3 is 0 Å². The molecule has 0 aliphatic carbocycles. The van der Waals surface area contributed by atoms with Crippen LogP contribution in [0.5, 0.6) is 5.75 Å². The van der Waals surface area contributed by atoms with E-state index < -0.39 is 10.0 Å². The first-order valence-corrected chi connectivity index (χ1v) is 9.66. The van der Waals surface area contributed by atoms with Crippen LogP contribution in [0.4, 0.5) is 5.69 Å². The molecule has 7 heteroatoms. The summed E-state index contributed by atoms with van der Waals surface area (Å²) in [5, 5.41) is 0. The predicted octanol–water partition coefficient (Wildman–Crippen LogP) is 4.30. The maximum Gasteiger partial charge on any atom is 0.262 e. The van der Waals surface area contributed by atoms with Crippen molar-refractivity contribution >= 4 is 26.8 Å². The molecule has 136 valence electrons. The van der Waals surface area contributed by atoms with Gasteiger partial charge in [0.05, 0.1) is 12.0 Å². The van der Waals surface area contributed by atoms with Crippen molar-refractivity contribution in [3.05, 3.63) is 72.8 Å². The van der Waals surface area contributed by atoms with Crippen LogP contribution in [0.15, 0.2) is 82.1 Å². The molecule has 0 atom stereocenters. The highest BCUT2D eigenvalue weighted by Crippen LogP contribution is 2.26. The molecular formula is C20H16N2O4S. The van der Waals surface area contributed by atoms with Crippen LogP contribution in [-0.4, -0.2) is 20.5 Å². The molecule has 1 aromatic heterocycles. The molecule has 0 saturated carbocycles. The second-order valence-electron chi connectivity index (χ2n) is 5.85. The van der Waals surface area contributed by atoms with E-state index in [9.17, 15) is 8.42 Å². The van der Waals surface area contributed by atoms with E-state index in [1.165, 1.54) is 19.2 Å². The van der Waals surface area contributed by atoms with Gasteiger partial charge in [-0.3, -0.25) is 4.72 Å². The van der Waals surface area contributed by atoms with Gasteiger partial charge < -0.3 is 9.15 Å². The number of fused-ring (bicyclic) bond motifs is 1. The monoisotopic (exact) mass is 380 g/mol. The molecule has 0 amide bonds. The second kappa shape index (κ2) is 6.77. The van der Waals surface area contributed by atoms with Crippen molar-refractivity contribution in [3.8, 4) is 17.2 Å². The number of aromatic nitrogens is 1. The number of oxazole rings is 1. The van der Waals surface area contributed by atoms with E-state index in [2.05, 4.69) is 9.71 Å². The third-order valence-electron chi connectivity index (χ3n) is 4.03. The molecule has 0 unspecified atom stereocenters. The summed E-state index contributed by atoms with van der Waals surface area (Å²) in [5.41, 5.74) is 2.68. The molecule has 0 radical (unpaired) electrons. The van der Waals surface area contributed by atoms with Crippen molar-refractivity contribution in [2.45, 2.75) is 4.90 Å². The molecule has 6 nitrogen and oxygen atoms in total. The minimum Gasteiger partial charge on any atom is -0.497 e. The second-order valence-corrected chi connectivity index (χ2v) is 7.53. The number of benzene rings is 3. The van der Waals surface area contributed by atoms with E-state index in [4.69, 9.17) is 9.15 Å². The standard InChI is InChI=1S/C20H16N2O4S/c1-25-16-5-4-6-17(13-16)27(23,24)22-15-11-9-14(10-12-15)20-21-18-7-2-3-8-19(18)26-20/h2-13,22H,1H3. The Morgan fingerprint density at radius 3 is 2.48 bits per heavy atom. The van der Waals surface area contributed by atoms with Crippen molar-refractivity contribution in [1.29, 1.82) is 0 Å². The summed E-state index contributed by atoms with van der Waals surface area (Å²) in [6, 6.07) is 20.6. The van der Waals surface area contributed by atoms with Crippen LogP contribution in [0.3, 0.4) is 0 Å². The molecule has 1 N–H and O–H groups in total. The van der Waals surface area contributed by atoms with Crippen molar-refractivity contribution in [2.75, 3.05) is 11.8 Å². The summed E-state index contributed by atoms with van der Waals surface area (Å²) in [5.74, 6) is 0.961. The number of methoxy groups -OCH3 is 1. The molecule has 0 bridgehead atoms. The van der Waals surface area contributed by atoms with Crippen LogP contribution in [0.1, 0.15) is 0 Å². The van der Waals surface area contributed by atoms with Gasteiger partial charge in [-0.05, 0) is 48.5 Å². The van der Waals surface area contributed by atoms with Crippen molar-refractivity contribution in [1.82, 2.24) is 4.98 Å². The lowest BCUT2D eigenvalue weighted by Gasteiger charge is -2.09. The molecule has 27 heavy (non-hydrogen) atoms. The number of nitrogens with zero attached hydrogens (tertiary/aromatic N) is 1. The van der Waals surface area contributed by atoms with Gasteiger partial charge in [0.1, 0.15) is 11.3 Å². The Labute approximate surface area is 156 Å². The van der Waals surface area contributed by atoms with E-state index in [0.29, 0.717) is 22.9 Å². The fourth-order valence-electron chi connectivity index (χ4n) is 2.66. The van der Waals surface area contributed by atoms with Gasteiger partial charge in [0.15, 0.2) is 5.58 Å². The first kappa shape index (κ1) is 17.1. The van der Waals surface area contributed by atoms with Crippen LogP contribution >= 0.6 is 0 Å².